The summed E-state index contributed by atoms with van der Waals surface area (Å²) in [5.74, 6) is 0.477. The summed E-state index contributed by atoms with van der Waals surface area (Å²) in [6, 6.07) is 0. The molecule has 0 atom stereocenters. The second-order valence-electron chi connectivity index (χ2n) is 3.51. The third-order valence-corrected chi connectivity index (χ3v) is 2.66. The summed E-state index contributed by atoms with van der Waals surface area (Å²) in [5, 5.41) is 0. The van der Waals surface area contributed by atoms with E-state index in [1.54, 1.807) is 4.90 Å². The van der Waals surface area contributed by atoms with Crippen LogP contribution in [-0.2, 0) is 4.79 Å². The van der Waals surface area contributed by atoms with E-state index in [1.165, 1.54) is 0 Å². The SMILES string of the molecule is NCC(=O)N1CCC(CCF)CC1. The number of nitrogens with two attached hydrogens (primary N) is 1. The smallest absolute Gasteiger partial charge is 0.236 e. The van der Waals surface area contributed by atoms with Crippen molar-refractivity contribution in [1.82, 2.24) is 4.90 Å². The molecular formula is C9H17FN2O. The van der Waals surface area contributed by atoms with Gasteiger partial charge in [0.15, 0.2) is 0 Å². The zero-order valence-electron chi connectivity index (χ0n) is 7.84. The van der Waals surface area contributed by atoms with Crippen LogP contribution in [0.25, 0.3) is 0 Å². The molecule has 0 radical (unpaired) electrons. The van der Waals surface area contributed by atoms with Crippen molar-refractivity contribution in [3.63, 3.8) is 0 Å². The molecule has 1 aliphatic heterocycles. The number of likely N-dealkylation sites (tertiary alicyclic amines) is 1. The molecule has 1 saturated heterocycles. The van der Waals surface area contributed by atoms with Gasteiger partial charge >= 0.3 is 0 Å². The normalized spacial score (nSPS) is 19.1. The van der Waals surface area contributed by atoms with Crippen LogP contribution in [0.15, 0.2) is 0 Å². The Kier molecular flexibility index (Phi) is 4.15. The Morgan fingerprint density at radius 2 is 2.08 bits per heavy atom. The second kappa shape index (κ2) is 5.17. The highest BCUT2D eigenvalue weighted by Gasteiger charge is 2.21. The molecule has 0 spiro atoms. The largest absolute Gasteiger partial charge is 0.342 e. The summed E-state index contributed by atoms with van der Waals surface area (Å²) in [6.07, 6.45) is 2.50. The van der Waals surface area contributed by atoms with E-state index in [0.29, 0.717) is 12.3 Å². The van der Waals surface area contributed by atoms with Crippen LogP contribution in [-0.4, -0.2) is 37.1 Å². The maximum absolute atomic E-state index is 12.0. The van der Waals surface area contributed by atoms with E-state index >= 15 is 0 Å². The van der Waals surface area contributed by atoms with Gasteiger partial charge in [0.1, 0.15) is 0 Å². The average Bonchev–Trinajstić information content (AvgIpc) is 2.18. The van der Waals surface area contributed by atoms with Crippen molar-refractivity contribution in [2.24, 2.45) is 11.7 Å². The van der Waals surface area contributed by atoms with Gasteiger partial charge in [-0.05, 0) is 25.2 Å². The first-order valence-electron chi connectivity index (χ1n) is 4.81. The number of amides is 1. The van der Waals surface area contributed by atoms with Crippen molar-refractivity contribution in [2.75, 3.05) is 26.3 Å². The Morgan fingerprint density at radius 1 is 1.46 bits per heavy atom. The summed E-state index contributed by atoms with van der Waals surface area (Å²) in [6.45, 7) is 1.35. The molecule has 3 nitrogen and oxygen atoms in total. The molecule has 76 valence electrons. The predicted molar refractivity (Wildman–Crippen MR) is 49.0 cm³/mol. The number of hydrogen-bond acceptors (Lipinski definition) is 2. The summed E-state index contributed by atoms with van der Waals surface area (Å²) in [4.78, 5) is 12.9. The zero-order chi connectivity index (χ0) is 9.68. The van der Waals surface area contributed by atoms with Crippen LogP contribution in [0.2, 0.25) is 0 Å². The van der Waals surface area contributed by atoms with Gasteiger partial charge < -0.3 is 10.6 Å². The Balaban J connectivity index is 2.26. The van der Waals surface area contributed by atoms with Gasteiger partial charge in [0.2, 0.25) is 5.91 Å². The molecule has 1 aliphatic rings. The van der Waals surface area contributed by atoms with Crippen molar-refractivity contribution < 1.29 is 9.18 Å². The first kappa shape index (κ1) is 10.4. The fourth-order valence-corrected chi connectivity index (χ4v) is 1.75. The maximum Gasteiger partial charge on any atom is 0.236 e. The molecule has 0 aromatic heterocycles. The number of alkyl halides is 1. The Morgan fingerprint density at radius 3 is 2.54 bits per heavy atom. The summed E-state index contributed by atoms with van der Waals surface area (Å²) in [7, 11) is 0. The number of rotatable bonds is 3. The Hall–Kier alpha value is -0.640. The summed E-state index contributed by atoms with van der Waals surface area (Å²) in [5.41, 5.74) is 5.24. The first-order chi connectivity index (χ1) is 6.27. The van der Waals surface area contributed by atoms with Crippen molar-refractivity contribution in [3.8, 4) is 0 Å². The molecule has 0 aliphatic carbocycles. The van der Waals surface area contributed by atoms with Gasteiger partial charge in [0, 0.05) is 13.1 Å². The van der Waals surface area contributed by atoms with E-state index in [9.17, 15) is 9.18 Å². The molecule has 2 N–H and O–H groups in total. The molecule has 0 bridgehead atoms. The van der Waals surface area contributed by atoms with E-state index in [1.807, 2.05) is 0 Å². The lowest BCUT2D eigenvalue weighted by atomic mass is 9.94. The summed E-state index contributed by atoms with van der Waals surface area (Å²) >= 11 is 0. The van der Waals surface area contributed by atoms with Crippen molar-refractivity contribution in [1.29, 1.82) is 0 Å². The molecule has 4 heteroatoms. The van der Waals surface area contributed by atoms with Crippen molar-refractivity contribution in [3.05, 3.63) is 0 Å². The average molecular weight is 188 g/mol. The minimum absolute atomic E-state index is 0.0127. The minimum Gasteiger partial charge on any atom is -0.342 e. The quantitative estimate of drug-likeness (QED) is 0.702. The minimum atomic E-state index is -0.241. The van der Waals surface area contributed by atoms with Crippen LogP contribution in [0, 0.1) is 5.92 Å². The molecule has 0 aromatic carbocycles. The van der Waals surface area contributed by atoms with Gasteiger partial charge in [-0.2, -0.15) is 0 Å². The maximum atomic E-state index is 12.0. The third kappa shape index (κ3) is 2.95. The second-order valence-corrected chi connectivity index (χ2v) is 3.51. The van der Waals surface area contributed by atoms with E-state index < -0.39 is 0 Å². The van der Waals surface area contributed by atoms with Crippen LogP contribution in [0.1, 0.15) is 19.3 Å². The highest BCUT2D eigenvalue weighted by molar-refractivity contribution is 5.78. The van der Waals surface area contributed by atoms with Gasteiger partial charge in [0.25, 0.3) is 0 Å². The zero-order valence-corrected chi connectivity index (χ0v) is 7.84. The highest BCUT2D eigenvalue weighted by atomic mass is 19.1. The van der Waals surface area contributed by atoms with Crippen LogP contribution >= 0.6 is 0 Å². The van der Waals surface area contributed by atoms with Gasteiger partial charge in [0.05, 0.1) is 13.2 Å². The van der Waals surface area contributed by atoms with E-state index in [2.05, 4.69) is 0 Å². The predicted octanol–water partition coefficient (Wildman–Crippen LogP) is 0.543. The van der Waals surface area contributed by atoms with Gasteiger partial charge in [-0.1, -0.05) is 0 Å². The first-order valence-corrected chi connectivity index (χ1v) is 4.81. The number of nitrogens with zero attached hydrogens (tertiary/aromatic N) is 1. The molecule has 13 heavy (non-hydrogen) atoms. The number of carbonyl (C=O) groups excluding carboxylic acids is 1. The fourth-order valence-electron chi connectivity index (χ4n) is 1.75. The molecule has 1 rings (SSSR count). The van der Waals surface area contributed by atoms with E-state index in [0.717, 1.165) is 25.9 Å². The molecule has 0 unspecified atom stereocenters. The lowest BCUT2D eigenvalue weighted by Crippen LogP contribution is -2.41. The van der Waals surface area contributed by atoms with Crippen LogP contribution < -0.4 is 5.73 Å². The lowest BCUT2D eigenvalue weighted by Gasteiger charge is -2.31. The monoisotopic (exact) mass is 188 g/mol. The fraction of sp³-hybridized carbons (Fsp3) is 0.889. The third-order valence-electron chi connectivity index (χ3n) is 2.66. The number of hydrogen-bond donors (Lipinski definition) is 1. The standard InChI is InChI=1S/C9H17FN2O/c10-4-1-8-2-5-12(6-3-8)9(13)7-11/h8H,1-7,11H2. The van der Waals surface area contributed by atoms with Gasteiger partial charge in [-0.3, -0.25) is 9.18 Å². The van der Waals surface area contributed by atoms with Gasteiger partial charge in [-0.25, -0.2) is 0 Å². The molecular weight excluding hydrogens is 171 g/mol. The lowest BCUT2D eigenvalue weighted by molar-refractivity contribution is -0.131. The van der Waals surface area contributed by atoms with E-state index in [4.69, 9.17) is 5.73 Å². The molecule has 0 aromatic rings. The number of piperidine rings is 1. The van der Waals surface area contributed by atoms with Crippen LogP contribution in [0.3, 0.4) is 0 Å². The highest BCUT2D eigenvalue weighted by Crippen LogP contribution is 2.20. The number of carbonyl (C=O) groups is 1. The Bertz CT molecular complexity index is 167. The van der Waals surface area contributed by atoms with Crippen LogP contribution in [0.4, 0.5) is 4.39 Å². The van der Waals surface area contributed by atoms with Crippen molar-refractivity contribution >= 4 is 5.91 Å². The number of halogens is 1. The molecule has 1 heterocycles. The Labute approximate surface area is 78.1 Å². The van der Waals surface area contributed by atoms with E-state index in [-0.39, 0.29) is 19.1 Å². The van der Waals surface area contributed by atoms with Gasteiger partial charge in [-0.15, -0.1) is 0 Å². The molecule has 1 amide bonds. The topological polar surface area (TPSA) is 46.3 Å². The molecule has 1 fully saturated rings. The summed E-state index contributed by atoms with van der Waals surface area (Å²) < 4.78 is 12.0. The van der Waals surface area contributed by atoms with Crippen LogP contribution in [0.5, 0.6) is 0 Å². The van der Waals surface area contributed by atoms with Crippen molar-refractivity contribution in [2.45, 2.75) is 19.3 Å². The molecule has 0 saturated carbocycles.